The first-order valence-electron chi connectivity index (χ1n) is 6.13. The molecule has 2 N–H and O–H groups in total. The van der Waals surface area contributed by atoms with Crippen molar-refractivity contribution in [2.45, 2.75) is 6.42 Å². The van der Waals surface area contributed by atoms with E-state index < -0.39 is 28.0 Å². The van der Waals surface area contributed by atoms with Crippen LogP contribution < -0.4 is 10.2 Å². The van der Waals surface area contributed by atoms with Crippen LogP contribution in [0.2, 0.25) is 0 Å². The molecule has 1 amide bonds. The van der Waals surface area contributed by atoms with Gasteiger partial charge in [0.2, 0.25) is 5.91 Å². The van der Waals surface area contributed by atoms with Crippen LogP contribution in [0.15, 0.2) is 12.1 Å². The summed E-state index contributed by atoms with van der Waals surface area (Å²) in [5.41, 5.74) is -1.41. The first kappa shape index (κ1) is 14.7. The molecule has 0 aromatic heterocycles. The Morgan fingerprint density at radius 1 is 1.48 bits per heavy atom. The number of carboxylic acid groups (broad SMARTS) is 1. The summed E-state index contributed by atoms with van der Waals surface area (Å²) in [6, 6.07) is 1.47. The highest BCUT2D eigenvalue weighted by Gasteiger charge is 2.27. The SMILES string of the molecule is O=C1CN(c2cc(F)c(C(=O)O)cc2[N+](=O)[O-])CCCN1. The van der Waals surface area contributed by atoms with Crippen LogP contribution in [0, 0.1) is 15.9 Å². The second-order valence-corrected chi connectivity index (χ2v) is 4.51. The highest BCUT2D eigenvalue weighted by molar-refractivity contribution is 5.91. The fraction of sp³-hybridized carbons (Fsp3) is 0.333. The Bertz CT molecular complexity index is 619. The van der Waals surface area contributed by atoms with E-state index in [2.05, 4.69) is 5.32 Å². The molecule has 0 radical (unpaired) electrons. The molecule has 0 unspecified atom stereocenters. The molecule has 1 aliphatic heterocycles. The summed E-state index contributed by atoms with van der Waals surface area (Å²) < 4.78 is 13.8. The van der Waals surface area contributed by atoms with Crippen LogP contribution >= 0.6 is 0 Å². The van der Waals surface area contributed by atoms with Crippen LogP contribution in [0.25, 0.3) is 0 Å². The van der Waals surface area contributed by atoms with Crippen LogP contribution in [0.1, 0.15) is 16.8 Å². The van der Waals surface area contributed by atoms with Gasteiger partial charge < -0.3 is 15.3 Å². The van der Waals surface area contributed by atoms with E-state index in [9.17, 15) is 24.1 Å². The predicted octanol–water partition coefficient (Wildman–Crippen LogP) is 0.758. The van der Waals surface area contributed by atoms with Gasteiger partial charge in [-0.15, -0.1) is 0 Å². The summed E-state index contributed by atoms with van der Waals surface area (Å²) >= 11 is 0. The summed E-state index contributed by atoms with van der Waals surface area (Å²) in [5, 5.41) is 22.5. The minimum Gasteiger partial charge on any atom is -0.478 e. The number of rotatable bonds is 3. The standard InChI is InChI=1S/C12H12FN3O5/c13-8-5-9(15-3-1-2-14-11(17)6-15)10(16(20)21)4-7(8)12(18)19/h4-5H,1-3,6H2,(H,14,17)(H,18,19). The lowest BCUT2D eigenvalue weighted by molar-refractivity contribution is -0.384. The number of hydrogen-bond donors (Lipinski definition) is 2. The lowest BCUT2D eigenvalue weighted by Crippen LogP contribution is -2.33. The van der Waals surface area contributed by atoms with Crippen molar-refractivity contribution in [2.75, 3.05) is 24.5 Å². The van der Waals surface area contributed by atoms with Gasteiger partial charge in [0.05, 0.1) is 11.5 Å². The Morgan fingerprint density at radius 2 is 2.19 bits per heavy atom. The number of nitro benzene ring substituents is 1. The number of aromatic carboxylic acids is 1. The number of amides is 1. The maximum Gasteiger partial charge on any atom is 0.338 e. The number of carbonyl (C=O) groups is 2. The van der Waals surface area contributed by atoms with E-state index >= 15 is 0 Å². The Balaban J connectivity index is 2.51. The fourth-order valence-electron chi connectivity index (χ4n) is 2.13. The molecule has 0 bridgehead atoms. The number of nitro groups is 1. The maximum atomic E-state index is 13.8. The maximum absolute atomic E-state index is 13.8. The summed E-state index contributed by atoms with van der Waals surface area (Å²) in [4.78, 5) is 34.0. The third-order valence-corrected chi connectivity index (χ3v) is 3.09. The van der Waals surface area contributed by atoms with Crippen molar-refractivity contribution in [1.82, 2.24) is 5.32 Å². The number of benzene rings is 1. The van der Waals surface area contributed by atoms with E-state index in [-0.39, 0.29) is 18.1 Å². The zero-order chi connectivity index (χ0) is 15.6. The van der Waals surface area contributed by atoms with Gasteiger partial charge in [0.15, 0.2) is 0 Å². The van der Waals surface area contributed by atoms with Crippen LogP contribution in [-0.4, -0.2) is 41.5 Å². The largest absolute Gasteiger partial charge is 0.478 e. The van der Waals surface area contributed by atoms with Gasteiger partial charge in [-0.2, -0.15) is 0 Å². The fourth-order valence-corrected chi connectivity index (χ4v) is 2.13. The first-order valence-corrected chi connectivity index (χ1v) is 6.13. The molecule has 0 atom stereocenters. The number of carbonyl (C=O) groups excluding carboxylic acids is 1. The van der Waals surface area contributed by atoms with Crippen molar-refractivity contribution in [3.63, 3.8) is 0 Å². The molecule has 0 saturated carbocycles. The van der Waals surface area contributed by atoms with Crippen molar-refractivity contribution in [2.24, 2.45) is 0 Å². The quantitative estimate of drug-likeness (QED) is 0.629. The average molecular weight is 297 g/mol. The monoisotopic (exact) mass is 297 g/mol. The molecule has 21 heavy (non-hydrogen) atoms. The van der Waals surface area contributed by atoms with E-state index in [4.69, 9.17) is 5.11 Å². The summed E-state index contributed by atoms with van der Waals surface area (Å²) in [7, 11) is 0. The highest BCUT2D eigenvalue weighted by atomic mass is 19.1. The molecule has 8 nitrogen and oxygen atoms in total. The number of anilines is 1. The van der Waals surface area contributed by atoms with E-state index in [0.29, 0.717) is 25.6 Å². The Kier molecular flexibility index (Phi) is 4.01. The lowest BCUT2D eigenvalue weighted by atomic mass is 10.1. The summed E-state index contributed by atoms with van der Waals surface area (Å²) in [6.45, 7) is 0.608. The minimum atomic E-state index is -1.59. The van der Waals surface area contributed by atoms with Crippen molar-refractivity contribution in [1.29, 1.82) is 0 Å². The summed E-state index contributed by atoms with van der Waals surface area (Å²) in [6.07, 6.45) is 0.547. The molecule has 0 aliphatic carbocycles. The van der Waals surface area contributed by atoms with Gasteiger partial charge in [0, 0.05) is 25.2 Å². The van der Waals surface area contributed by atoms with Crippen LogP contribution in [0.3, 0.4) is 0 Å². The number of carboxylic acids is 1. The first-order chi connectivity index (χ1) is 9.90. The molecule has 112 valence electrons. The van der Waals surface area contributed by atoms with E-state index in [1.54, 1.807) is 0 Å². The molecule has 1 aliphatic rings. The second kappa shape index (κ2) is 5.73. The van der Waals surface area contributed by atoms with Gasteiger partial charge in [0.1, 0.15) is 17.1 Å². The lowest BCUT2D eigenvalue weighted by Gasteiger charge is -2.21. The van der Waals surface area contributed by atoms with Crippen molar-refractivity contribution in [3.05, 3.63) is 33.6 Å². The average Bonchev–Trinajstić information content (AvgIpc) is 2.62. The van der Waals surface area contributed by atoms with Crippen molar-refractivity contribution < 1.29 is 24.0 Å². The normalized spacial score (nSPS) is 15.3. The van der Waals surface area contributed by atoms with Crippen LogP contribution in [0.4, 0.5) is 15.8 Å². The molecule has 0 spiro atoms. The zero-order valence-electron chi connectivity index (χ0n) is 10.8. The number of halogens is 1. The van der Waals surface area contributed by atoms with Crippen molar-refractivity contribution in [3.8, 4) is 0 Å². The number of nitrogens with zero attached hydrogens (tertiary/aromatic N) is 2. The third kappa shape index (κ3) is 3.07. The topological polar surface area (TPSA) is 113 Å². The second-order valence-electron chi connectivity index (χ2n) is 4.51. The van der Waals surface area contributed by atoms with Gasteiger partial charge in [-0.3, -0.25) is 14.9 Å². The zero-order valence-corrected chi connectivity index (χ0v) is 10.8. The number of hydrogen-bond acceptors (Lipinski definition) is 5. The summed E-state index contributed by atoms with van der Waals surface area (Å²) in [5.74, 6) is -2.99. The van der Waals surface area contributed by atoms with Crippen LogP contribution in [-0.2, 0) is 4.79 Å². The van der Waals surface area contributed by atoms with Gasteiger partial charge in [0.25, 0.3) is 5.69 Å². The van der Waals surface area contributed by atoms with Gasteiger partial charge in [-0.05, 0) is 6.42 Å². The van der Waals surface area contributed by atoms with E-state index in [1.165, 1.54) is 4.90 Å². The highest BCUT2D eigenvalue weighted by Crippen LogP contribution is 2.31. The Hall–Kier alpha value is -2.71. The van der Waals surface area contributed by atoms with Gasteiger partial charge in [-0.1, -0.05) is 0 Å². The minimum absolute atomic E-state index is 0.0976. The van der Waals surface area contributed by atoms with E-state index in [1.807, 2.05) is 0 Å². The molecular formula is C12H12FN3O5. The van der Waals surface area contributed by atoms with Gasteiger partial charge in [-0.25, -0.2) is 9.18 Å². The molecule has 1 fully saturated rings. The molecular weight excluding hydrogens is 285 g/mol. The molecule has 1 heterocycles. The Labute approximate surface area is 118 Å². The molecule has 1 saturated heterocycles. The third-order valence-electron chi connectivity index (χ3n) is 3.09. The van der Waals surface area contributed by atoms with Crippen LogP contribution in [0.5, 0.6) is 0 Å². The van der Waals surface area contributed by atoms with E-state index in [0.717, 1.165) is 6.07 Å². The molecule has 9 heteroatoms. The number of nitrogens with one attached hydrogen (secondary N) is 1. The predicted molar refractivity (Wildman–Crippen MR) is 69.9 cm³/mol. The molecule has 1 aromatic rings. The molecule has 1 aromatic carbocycles. The smallest absolute Gasteiger partial charge is 0.338 e. The van der Waals surface area contributed by atoms with Gasteiger partial charge >= 0.3 is 5.97 Å². The molecule has 2 rings (SSSR count). The van der Waals surface area contributed by atoms with Crippen molar-refractivity contribution >= 4 is 23.3 Å². The Morgan fingerprint density at radius 3 is 2.81 bits per heavy atom.